The summed E-state index contributed by atoms with van der Waals surface area (Å²) in [4.78, 5) is 11.7. The van der Waals surface area contributed by atoms with Crippen molar-refractivity contribution < 1.29 is 4.39 Å². The van der Waals surface area contributed by atoms with Gasteiger partial charge in [0.15, 0.2) is 5.52 Å². The summed E-state index contributed by atoms with van der Waals surface area (Å²) in [6.07, 6.45) is 0. The van der Waals surface area contributed by atoms with Crippen molar-refractivity contribution in [2.24, 2.45) is 0 Å². The molecular weight excluding hydrogens is 247 g/mol. The fourth-order valence-electron chi connectivity index (χ4n) is 2.17. The maximum absolute atomic E-state index is 12.9. The van der Waals surface area contributed by atoms with Crippen LogP contribution in [0.3, 0.4) is 0 Å². The highest BCUT2D eigenvalue weighted by molar-refractivity contribution is 5.83. The highest BCUT2D eigenvalue weighted by atomic mass is 19.1. The van der Waals surface area contributed by atoms with E-state index in [0.717, 1.165) is 11.1 Å². The Balaban J connectivity index is 2.34. The predicted octanol–water partition coefficient (Wildman–Crippen LogP) is 1.86. The van der Waals surface area contributed by atoms with Crippen molar-refractivity contribution in [2.75, 3.05) is 0 Å². The summed E-state index contributed by atoms with van der Waals surface area (Å²) in [5.74, 6) is -0.311. The van der Waals surface area contributed by atoms with Crippen molar-refractivity contribution in [3.05, 3.63) is 51.8 Å². The Hall–Kier alpha value is -2.50. The standard InChI is InChI=1S/C13H11FN4O/c1-7-11-8(2)18(10-5-3-9(14)4-6-10)17-12(11)13(19)16-15-7/h3-6H,1-2H3,(H,16,19). The molecule has 0 aliphatic carbocycles. The van der Waals surface area contributed by atoms with Gasteiger partial charge in [-0.3, -0.25) is 4.79 Å². The zero-order valence-electron chi connectivity index (χ0n) is 10.4. The number of rotatable bonds is 1. The molecule has 3 aromatic rings. The Morgan fingerprint density at radius 3 is 2.53 bits per heavy atom. The molecule has 96 valence electrons. The molecule has 3 rings (SSSR count). The van der Waals surface area contributed by atoms with E-state index in [9.17, 15) is 9.18 Å². The first-order valence-corrected chi connectivity index (χ1v) is 5.78. The molecule has 6 heteroatoms. The van der Waals surface area contributed by atoms with E-state index in [4.69, 9.17) is 0 Å². The fraction of sp³-hybridized carbons (Fsp3) is 0.154. The molecule has 0 spiro atoms. The number of hydrogen-bond acceptors (Lipinski definition) is 3. The molecule has 0 atom stereocenters. The third kappa shape index (κ3) is 1.72. The van der Waals surface area contributed by atoms with Crippen molar-refractivity contribution in [3.63, 3.8) is 0 Å². The van der Waals surface area contributed by atoms with Gasteiger partial charge >= 0.3 is 0 Å². The Morgan fingerprint density at radius 2 is 1.89 bits per heavy atom. The predicted molar refractivity (Wildman–Crippen MR) is 68.9 cm³/mol. The zero-order chi connectivity index (χ0) is 13.6. The molecule has 0 aliphatic rings. The third-order valence-corrected chi connectivity index (χ3v) is 3.09. The molecule has 5 nitrogen and oxygen atoms in total. The van der Waals surface area contributed by atoms with Crippen LogP contribution in [0.4, 0.5) is 4.39 Å². The van der Waals surface area contributed by atoms with Gasteiger partial charge in [0.2, 0.25) is 0 Å². The van der Waals surface area contributed by atoms with E-state index >= 15 is 0 Å². The molecule has 2 heterocycles. The number of aromatic amines is 1. The third-order valence-electron chi connectivity index (χ3n) is 3.09. The largest absolute Gasteiger partial charge is 0.292 e. The summed E-state index contributed by atoms with van der Waals surface area (Å²) in [7, 11) is 0. The number of benzene rings is 1. The van der Waals surface area contributed by atoms with E-state index in [2.05, 4.69) is 15.3 Å². The van der Waals surface area contributed by atoms with Crippen LogP contribution < -0.4 is 5.56 Å². The van der Waals surface area contributed by atoms with Gasteiger partial charge in [0.25, 0.3) is 5.56 Å². The summed E-state index contributed by atoms with van der Waals surface area (Å²) in [6, 6.07) is 5.95. The van der Waals surface area contributed by atoms with Gasteiger partial charge in [-0.2, -0.15) is 10.2 Å². The summed E-state index contributed by atoms with van der Waals surface area (Å²) in [6.45, 7) is 3.66. The van der Waals surface area contributed by atoms with Gasteiger partial charge in [-0.1, -0.05) is 0 Å². The Labute approximate surface area is 107 Å². The van der Waals surface area contributed by atoms with Crippen LogP contribution in [-0.4, -0.2) is 20.0 Å². The lowest BCUT2D eigenvalue weighted by Gasteiger charge is -2.03. The summed E-state index contributed by atoms with van der Waals surface area (Å²) in [5, 5.41) is 11.4. The van der Waals surface area contributed by atoms with Crippen molar-refractivity contribution in [1.82, 2.24) is 20.0 Å². The molecule has 0 amide bonds. The molecule has 2 aromatic heterocycles. The van der Waals surface area contributed by atoms with E-state index in [0.29, 0.717) is 16.9 Å². The van der Waals surface area contributed by atoms with E-state index in [-0.39, 0.29) is 11.4 Å². The maximum atomic E-state index is 12.9. The molecule has 0 saturated carbocycles. The lowest BCUT2D eigenvalue weighted by molar-refractivity contribution is 0.627. The number of fused-ring (bicyclic) bond motifs is 1. The molecule has 1 N–H and O–H groups in total. The minimum atomic E-state index is -0.329. The summed E-state index contributed by atoms with van der Waals surface area (Å²) < 4.78 is 14.6. The van der Waals surface area contributed by atoms with Crippen LogP contribution in [0.5, 0.6) is 0 Å². The zero-order valence-corrected chi connectivity index (χ0v) is 10.4. The average molecular weight is 258 g/mol. The number of nitrogens with zero attached hydrogens (tertiary/aromatic N) is 3. The fourth-order valence-corrected chi connectivity index (χ4v) is 2.17. The Bertz CT molecular complexity index is 817. The van der Waals surface area contributed by atoms with Crippen molar-refractivity contribution in [1.29, 1.82) is 0 Å². The topological polar surface area (TPSA) is 63.6 Å². The van der Waals surface area contributed by atoms with Crippen LogP contribution in [0.2, 0.25) is 0 Å². The van der Waals surface area contributed by atoms with Crippen LogP contribution in [-0.2, 0) is 0 Å². The molecule has 0 radical (unpaired) electrons. The molecule has 0 bridgehead atoms. The SMILES string of the molecule is Cc1n[nH]c(=O)c2nn(-c3ccc(F)cc3)c(C)c12. The quantitative estimate of drug-likeness (QED) is 0.724. The van der Waals surface area contributed by atoms with Crippen LogP contribution in [0.15, 0.2) is 29.1 Å². The minimum absolute atomic E-state index is 0.311. The first-order chi connectivity index (χ1) is 9.08. The second-order valence-electron chi connectivity index (χ2n) is 4.34. The molecular formula is C13H11FN4O. The summed E-state index contributed by atoms with van der Waals surface area (Å²) in [5.41, 5.74) is 2.23. The van der Waals surface area contributed by atoms with Crippen molar-refractivity contribution in [2.45, 2.75) is 13.8 Å². The van der Waals surface area contributed by atoms with Crippen molar-refractivity contribution >= 4 is 10.9 Å². The van der Waals surface area contributed by atoms with Gasteiger partial charge in [0, 0.05) is 0 Å². The highest BCUT2D eigenvalue weighted by Gasteiger charge is 2.14. The average Bonchev–Trinajstić information content (AvgIpc) is 2.74. The molecule has 0 fully saturated rings. The first-order valence-electron chi connectivity index (χ1n) is 5.78. The number of hydrogen-bond donors (Lipinski definition) is 1. The monoisotopic (exact) mass is 258 g/mol. The van der Waals surface area contributed by atoms with Gasteiger partial charge in [-0.15, -0.1) is 0 Å². The molecule has 1 aromatic carbocycles. The maximum Gasteiger partial charge on any atom is 0.292 e. The number of aromatic nitrogens is 4. The van der Waals surface area contributed by atoms with Gasteiger partial charge in [0.05, 0.1) is 22.5 Å². The second kappa shape index (κ2) is 4.01. The van der Waals surface area contributed by atoms with E-state index in [1.165, 1.54) is 12.1 Å². The first kappa shape index (κ1) is 11.6. The number of H-pyrrole nitrogens is 1. The molecule has 0 unspecified atom stereocenters. The van der Waals surface area contributed by atoms with Crippen LogP contribution >= 0.6 is 0 Å². The van der Waals surface area contributed by atoms with Crippen LogP contribution in [0.25, 0.3) is 16.6 Å². The van der Waals surface area contributed by atoms with Gasteiger partial charge in [0.1, 0.15) is 5.82 Å². The number of halogens is 1. The normalized spacial score (nSPS) is 11.1. The van der Waals surface area contributed by atoms with Gasteiger partial charge in [-0.05, 0) is 38.1 Å². The number of nitrogens with one attached hydrogen (secondary N) is 1. The van der Waals surface area contributed by atoms with E-state index in [1.807, 2.05) is 13.8 Å². The minimum Gasteiger partial charge on any atom is -0.265 e. The lowest BCUT2D eigenvalue weighted by atomic mass is 10.2. The smallest absolute Gasteiger partial charge is 0.265 e. The van der Waals surface area contributed by atoms with Crippen LogP contribution in [0, 0.1) is 19.7 Å². The van der Waals surface area contributed by atoms with Gasteiger partial charge < -0.3 is 0 Å². The Kier molecular flexibility index (Phi) is 2.45. The van der Waals surface area contributed by atoms with Crippen LogP contribution in [0.1, 0.15) is 11.4 Å². The summed E-state index contributed by atoms with van der Waals surface area (Å²) >= 11 is 0. The molecule has 0 saturated heterocycles. The second-order valence-corrected chi connectivity index (χ2v) is 4.34. The van der Waals surface area contributed by atoms with E-state index in [1.54, 1.807) is 16.8 Å². The van der Waals surface area contributed by atoms with E-state index < -0.39 is 0 Å². The molecule has 19 heavy (non-hydrogen) atoms. The molecule has 0 aliphatic heterocycles. The highest BCUT2D eigenvalue weighted by Crippen LogP contribution is 2.20. The lowest BCUT2D eigenvalue weighted by Crippen LogP contribution is -2.09. The van der Waals surface area contributed by atoms with Crippen molar-refractivity contribution in [3.8, 4) is 5.69 Å². The number of aryl methyl sites for hydroxylation is 2. The van der Waals surface area contributed by atoms with Gasteiger partial charge in [-0.25, -0.2) is 14.2 Å². The Morgan fingerprint density at radius 1 is 1.21 bits per heavy atom.